The van der Waals surface area contributed by atoms with E-state index < -0.39 is 5.41 Å². The molecule has 2 aromatic rings. The summed E-state index contributed by atoms with van der Waals surface area (Å²) in [6.45, 7) is 1.16. The van der Waals surface area contributed by atoms with Crippen LogP contribution in [0.5, 0.6) is 0 Å². The van der Waals surface area contributed by atoms with E-state index >= 15 is 0 Å². The zero-order valence-corrected chi connectivity index (χ0v) is 15.8. The average molecular weight is 384 g/mol. The first kappa shape index (κ1) is 18.7. The summed E-state index contributed by atoms with van der Waals surface area (Å²) < 4.78 is 19.0. The molecule has 2 aliphatic rings. The van der Waals surface area contributed by atoms with Crippen molar-refractivity contribution >= 4 is 11.8 Å². The third kappa shape index (κ3) is 3.55. The van der Waals surface area contributed by atoms with Crippen LogP contribution in [0.4, 0.5) is 4.39 Å². The summed E-state index contributed by atoms with van der Waals surface area (Å²) >= 11 is 0. The molecule has 1 saturated heterocycles. The molecule has 1 aromatic carbocycles. The van der Waals surface area contributed by atoms with Gasteiger partial charge in [0.2, 0.25) is 5.91 Å². The largest absolute Gasteiger partial charge is 0.459 e. The van der Waals surface area contributed by atoms with Crippen LogP contribution in [0, 0.1) is 5.82 Å². The van der Waals surface area contributed by atoms with Crippen LogP contribution in [0.15, 0.2) is 47.1 Å². The van der Waals surface area contributed by atoms with Gasteiger partial charge >= 0.3 is 0 Å². The van der Waals surface area contributed by atoms with E-state index in [4.69, 9.17) is 4.42 Å². The van der Waals surface area contributed by atoms with Crippen molar-refractivity contribution in [3.05, 3.63) is 59.8 Å². The fourth-order valence-electron chi connectivity index (χ4n) is 4.52. The highest BCUT2D eigenvalue weighted by Gasteiger charge is 2.43. The Morgan fingerprint density at radius 2 is 1.86 bits per heavy atom. The van der Waals surface area contributed by atoms with Gasteiger partial charge in [-0.1, -0.05) is 25.0 Å². The zero-order chi connectivity index (χ0) is 19.6. The Balaban J connectivity index is 1.40. The lowest BCUT2D eigenvalue weighted by atomic mass is 9.77. The van der Waals surface area contributed by atoms with E-state index in [0.717, 1.165) is 31.2 Å². The Morgan fingerprint density at radius 1 is 1.11 bits per heavy atom. The first-order chi connectivity index (χ1) is 13.6. The van der Waals surface area contributed by atoms with Crippen LogP contribution in [0.1, 0.15) is 54.6 Å². The van der Waals surface area contributed by atoms with Crippen molar-refractivity contribution in [2.24, 2.45) is 0 Å². The minimum atomic E-state index is -0.636. The molecule has 2 fully saturated rings. The van der Waals surface area contributed by atoms with Crippen molar-refractivity contribution in [2.75, 3.05) is 13.1 Å². The molecule has 0 spiro atoms. The maximum absolute atomic E-state index is 13.8. The Kier molecular flexibility index (Phi) is 5.20. The van der Waals surface area contributed by atoms with Gasteiger partial charge in [0.05, 0.1) is 11.7 Å². The summed E-state index contributed by atoms with van der Waals surface area (Å²) in [5.41, 5.74) is 0.136. The highest BCUT2D eigenvalue weighted by atomic mass is 19.1. The van der Waals surface area contributed by atoms with Crippen molar-refractivity contribution in [2.45, 2.75) is 50.0 Å². The first-order valence-electron chi connectivity index (χ1n) is 9.98. The second kappa shape index (κ2) is 7.78. The molecule has 1 aliphatic heterocycles. The molecule has 0 radical (unpaired) electrons. The van der Waals surface area contributed by atoms with E-state index in [9.17, 15) is 14.0 Å². The number of hydrogen-bond acceptors (Lipinski definition) is 3. The molecule has 1 aliphatic carbocycles. The molecule has 1 N–H and O–H groups in total. The van der Waals surface area contributed by atoms with Crippen LogP contribution in [-0.2, 0) is 10.2 Å². The molecule has 1 saturated carbocycles. The number of halogens is 1. The fourth-order valence-corrected chi connectivity index (χ4v) is 4.52. The number of piperidine rings is 1. The number of rotatable bonds is 4. The average Bonchev–Trinajstić information content (AvgIpc) is 3.41. The van der Waals surface area contributed by atoms with Crippen LogP contribution in [0.25, 0.3) is 0 Å². The number of hydrogen-bond donors (Lipinski definition) is 1. The lowest BCUT2D eigenvalue weighted by Gasteiger charge is -2.35. The van der Waals surface area contributed by atoms with Gasteiger partial charge in [-0.15, -0.1) is 0 Å². The van der Waals surface area contributed by atoms with Crippen LogP contribution in [0.3, 0.4) is 0 Å². The summed E-state index contributed by atoms with van der Waals surface area (Å²) in [6.07, 6.45) is 6.35. The monoisotopic (exact) mass is 384 g/mol. The fraction of sp³-hybridized carbons (Fsp3) is 0.455. The van der Waals surface area contributed by atoms with Crippen molar-refractivity contribution < 1.29 is 18.4 Å². The molecule has 6 heteroatoms. The summed E-state index contributed by atoms with van der Waals surface area (Å²) in [5, 5.41) is 3.19. The lowest BCUT2D eigenvalue weighted by molar-refractivity contribution is -0.127. The van der Waals surface area contributed by atoms with Gasteiger partial charge in [-0.2, -0.15) is 0 Å². The summed E-state index contributed by atoms with van der Waals surface area (Å²) in [5.74, 6) is -0.0759. The van der Waals surface area contributed by atoms with E-state index in [0.29, 0.717) is 31.7 Å². The second-order valence-electron chi connectivity index (χ2n) is 7.82. The Labute approximate surface area is 163 Å². The Bertz CT molecular complexity index is 835. The van der Waals surface area contributed by atoms with Gasteiger partial charge in [-0.3, -0.25) is 9.59 Å². The highest BCUT2D eigenvalue weighted by molar-refractivity contribution is 5.91. The first-order valence-corrected chi connectivity index (χ1v) is 9.98. The molecule has 0 unspecified atom stereocenters. The minimum absolute atomic E-state index is 0.00795. The number of nitrogens with zero attached hydrogens (tertiary/aromatic N) is 1. The molecule has 148 valence electrons. The quantitative estimate of drug-likeness (QED) is 0.875. The lowest BCUT2D eigenvalue weighted by Crippen LogP contribution is -2.51. The number of furan rings is 1. The van der Waals surface area contributed by atoms with Gasteiger partial charge in [0.25, 0.3) is 5.91 Å². The number of carbonyl (C=O) groups excluding carboxylic acids is 2. The third-order valence-electron chi connectivity index (χ3n) is 6.12. The van der Waals surface area contributed by atoms with Crippen LogP contribution >= 0.6 is 0 Å². The smallest absolute Gasteiger partial charge is 0.289 e. The molecule has 28 heavy (non-hydrogen) atoms. The molecule has 4 rings (SSSR count). The molecular formula is C22H25FN2O3. The molecular weight excluding hydrogens is 359 g/mol. The van der Waals surface area contributed by atoms with Crippen LogP contribution in [-0.4, -0.2) is 35.8 Å². The number of amides is 2. The van der Waals surface area contributed by atoms with Crippen molar-refractivity contribution in [1.82, 2.24) is 10.2 Å². The third-order valence-corrected chi connectivity index (χ3v) is 6.12. The molecule has 2 amide bonds. The van der Waals surface area contributed by atoms with E-state index in [-0.39, 0.29) is 23.7 Å². The van der Waals surface area contributed by atoms with E-state index in [1.165, 1.54) is 18.4 Å². The van der Waals surface area contributed by atoms with Crippen LogP contribution in [0.2, 0.25) is 0 Å². The van der Waals surface area contributed by atoms with Crippen molar-refractivity contribution in [3.8, 4) is 0 Å². The van der Waals surface area contributed by atoms with Gasteiger partial charge in [0.15, 0.2) is 5.76 Å². The van der Waals surface area contributed by atoms with E-state index in [2.05, 4.69) is 5.32 Å². The normalized spacial score (nSPS) is 19.5. The van der Waals surface area contributed by atoms with Crippen LogP contribution < -0.4 is 5.32 Å². The van der Waals surface area contributed by atoms with Crippen molar-refractivity contribution in [3.63, 3.8) is 0 Å². The summed E-state index contributed by atoms with van der Waals surface area (Å²) in [7, 11) is 0. The van der Waals surface area contributed by atoms with Gasteiger partial charge in [0, 0.05) is 19.1 Å². The minimum Gasteiger partial charge on any atom is -0.459 e. The van der Waals surface area contributed by atoms with E-state index in [1.54, 1.807) is 23.1 Å². The Morgan fingerprint density at radius 3 is 2.50 bits per heavy atom. The molecule has 1 aromatic heterocycles. The van der Waals surface area contributed by atoms with Gasteiger partial charge in [-0.25, -0.2) is 4.39 Å². The second-order valence-corrected chi connectivity index (χ2v) is 7.82. The number of nitrogens with one attached hydrogen (secondary N) is 1. The predicted octanol–water partition coefficient (Wildman–Crippen LogP) is 3.65. The maximum atomic E-state index is 13.8. The Hall–Kier alpha value is -2.63. The molecule has 0 bridgehead atoms. The maximum Gasteiger partial charge on any atom is 0.289 e. The topological polar surface area (TPSA) is 62.6 Å². The zero-order valence-electron chi connectivity index (χ0n) is 15.8. The standard InChI is InChI=1S/C22H25FN2O3/c23-17-6-3-5-16(15-17)22(10-1-2-11-22)21(27)24-18-8-12-25(13-9-18)20(26)19-7-4-14-28-19/h3-7,14-15,18H,1-2,8-13H2,(H,24,27). The summed E-state index contributed by atoms with van der Waals surface area (Å²) in [6, 6.07) is 9.84. The van der Waals surface area contributed by atoms with Gasteiger partial charge in [0.1, 0.15) is 5.82 Å². The van der Waals surface area contributed by atoms with Crippen molar-refractivity contribution in [1.29, 1.82) is 0 Å². The van der Waals surface area contributed by atoms with Gasteiger partial charge < -0.3 is 14.6 Å². The SMILES string of the molecule is O=C(c1ccco1)N1CCC(NC(=O)C2(c3cccc(F)c3)CCCC2)CC1. The number of likely N-dealkylation sites (tertiary alicyclic amines) is 1. The van der Waals surface area contributed by atoms with Gasteiger partial charge in [-0.05, 0) is 55.5 Å². The highest BCUT2D eigenvalue weighted by Crippen LogP contribution is 2.41. The summed E-state index contributed by atoms with van der Waals surface area (Å²) in [4.78, 5) is 27.4. The number of carbonyl (C=O) groups is 2. The molecule has 2 heterocycles. The molecule has 5 nitrogen and oxygen atoms in total. The molecule has 0 atom stereocenters. The number of benzene rings is 1. The van der Waals surface area contributed by atoms with E-state index in [1.807, 2.05) is 6.07 Å². The predicted molar refractivity (Wildman–Crippen MR) is 102 cm³/mol.